The van der Waals surface area contributed by atoms with Crippen LogP contribution in [0.4, 0.5) is 0 Å². The number of ketones is 1. The van der Waals surface area contributed by atoms with Crippen LogP contribution in [0.3, 0.4) is 0 Å². The summed E-state index contributed by atoms with van der Waals surface area (Å²) in [5, 5.41) is 0. The highest BCUT2D eigenvalue weighted by atomic mass is 16.5. The Morgan fingerprint density at radius 2 is 1.67 bits per heavy atom. The van der Waals surface area contributed by atoms with Crippen LogP contribution in [0.1, 0.15) is 40.7 Å². The molecule has 0 bridgehead atoms. The van der Waals surface area contributed by atoms with Crippen molar-refractivity contribution >= 4 is 11.8 Å². The van der Waals surface area contributed by atoms with Gasteiger partial charge in [-0.3, -0.25) is 9.59 Å². The lowest BCUT2D eigenvalue weighted by molar-refractivity contribution is -0.142. The van der Waals surface area contributed by atoms with Gasteiger partial charge in [-0.15, -0.1) is 0 Å². The molecular weight excluding hydrogens is 378 g/mol. The number of benzene rings is 2. The fourth-order valence-corrected chi connectivity index (χ4v) is 3.49. The first kappa shape index (κ1) is 21.4. The van der Waals surface area contributed by atoms with Gasteiger partial charge >= 0.3 is 5.97 Å². The monoisotopic (exact) mass is 405 g/mol. The number of nitrogens with zero attached hydrogens (tertiary/aromatic N) is 1. The summed E-state index contributed by atoms with van der Waals surface area (Å²) in [6.07, 6.45) is 0.850. The molecule has 0 unspecified atom stereocenters. The third kappa shape index (κ3) is 5.17. The van der Waals surface area contributed by atoms with Crippen molar-refractivity contribution in [2.45, 2.75) is 33.6 Å². The van der Waals surface area contributed by atoms with Gasteiger partial charge in [-0.1, -0.05) is 30.3 Å². The molecule has 0 spiro atoms. The molecule has 0 atom stereocenters. The van der Waals surface area contributed by atoms with Crippen LogP contribution in [-0.4, -0.2) is 29.5 Å². The smallest absolute Gasteiger partial charge is 0.306 e. The van der Waals surface area contributed by atoms with E-state index in [4.69, 9.17) is 9.47 Å². The molecule has 0 N–H and O–H groups in total. The SMILES string of the molecule is CCOc1ccc(-n2c(C)cc(C(=O)COC(=O)CCc3ccccc3)c2C)cc1. The Morgan fingerprint density at radius 3 is 2.33 bits per heavy atom. The zero-order valence-corrected chi connectivity index (χ0v) is 17.7. The second kappa shape index (κ2) is 9.92. The van der Waals surface area contributed by atoms with Crippen LogP contribution >= 0.6 is 0 Å². The molecular formula is C25H27NO4. The highest BCUT2D eigenvalue weighted by Gasteiger charge is 2.18. The van der Waals surface area contributed by atoms with Crippen molar-refractivity contribution in [3.05, 3.63) is 83.2 Å². The molecule has 0 aliphatic carbocycles. The number of aryl methyl sites for hydroxylation is 2. The van der Waals surface area contributed by atoms with Gasteiger partial charge in [-0.25, -0.2) is 0 Å². The topological polar surface area (TPSA) is 57.5 Å². The number of carbonyl (C=O) groups is 2. The average molecular weight is 405 g/mol. The molecule has 30 heavy (non-hydrogen) atoms. The minimum atomic E-state index is -0.368. The molecule has 3 rings (SSSR count). The van der Waals surface area contributed by atoms with Crippen LogP contribution in [0.5, 0.6) is 5.75 Å². The standard InChI is InChI=1S/C25H27NO4/c1-4-29-22-13-11-21(12-14-22)26-18(2)16-23(19(26)3)24(27)17-30-25(28)15-10-20-8-6-5-7-9-20/h5-9,11-14,16H,4,10,15,17H2,1-3H3. The van der Waals surface area contributed by atoms with Gasteiger partial charge in [0.15, 0.2) is 6.61 Å². The van der Waals surface area contributed by atoms with Crippen molar-refractivity contribution < 1.29 is 19.1 Å². The number of esters is 1. The van der Waals surface area contributed by atoms with E-state index in [9.17, 15) is 9.59 Å². The molecule has 0 amide bonds. The van der Waals surface area contributed by atoms with Gasteiger partial charge in [-0.2, -0.15) is 0 Å². The molecule has 5 heteroatoms. The maximum Gasteiger partial charge on any atom is 0.306 e. The maximum absolute atomic E-state index is 12.7. The Labute approximate surface area is 177 Å². The molecule has 0 aliphatic heterocycles. The van der Waals surface area contributed by atoms with Crippen molar-refractivity contribution in [2.24, 2.45) is 0 Å². The molecule has 1 heterocycles. The van der Waals surface area contributed by atoms with Crippen molar-refractivity contribution in [2.75, 3.05) is 13.2 Å². The summed E-state index contributed by atoms with van der Waals surface area (Å²) in [7, 11) is 0. The zero-order chi connectivity index (χ0) is 21.5. The van der Waals surface area contributed by atoms with Gasteiger partial charge < -0.3 is 14.0 Å². The van der Waals surface area contributed by atoms with Crippen molar-refractivity contribution in [3.8, 4) is 11.4 Å². The average Bonchev–Trinajstić information content (AvgIpc) is 3.06. The van der Waals surface area contributed by atoms with Gasteiger partial charge in [0.25, 0.3) is 0 Å². The summed E-state index contributed by atoms with van der Waals surface area (Å²) in [5.74, 6) is 0.239. The summed E-state index contributed by atoms with van der Waals surface area (Å²) in [5.41, 5.74) is 4.35. The number of hydrogen-bond donors (Lipinski definition) is 0. The number of carbonyl (C=O) groups excluding carboxylic acids is 2. The highest BCUT2D eigenvalue weighted by molar-refractivity contribution is 5.99. The van der Waals surface area contributed by atoms with E-state index in [1.807, 2.05) is 86.0 Å². The zero-order valence-electron chi connectivity index (χ0n) is 17.7. The van der Waals surface area contributed by atoms with Gasteiger partial charge in [0, 0.05) is 29.1 Å². The molecule has 0 aliphatic rings. The molecule has 5 nitrogen and oxygen atoms in total. The van der Waals surface area contributed by atoms with Crippen LogP contribution in [0, 0.1) is 13.8 Å². The second-order valence-corrected chi connectivity index (χ2v) is 7.12. The number of ether oxygens (including phenoxy) is 2. The van der Waals surface area contributed by atoms with Gasteiger partial charge in [0.2, 0.25) is 5.78 Å². The van der Waals surface area contributed by atoms with Gasteiger partial charge in [0.05, 0.1) is 6.61 Å². The molecule has 0 radical (unpaired) electrons. The first-order valence-corrected chi connectivity index (χ1v) is 10.1. The number of rotatable bonds is 9. The normalized spacial score (nSPS) is 10.6. The summed E-state index contributed by atoms with van der Waals surface area (Å²) >= 11 is 0. The molecule has 0 saturated heterocycles. The lowest BCUT2D eigenvalue weighted by atomic mass is 10.1. The highest BCUT2D eigenvalue weighted by Crippen LogP contribution is 2.23. The van der Waals surface area contributed by atoms with Crippen molar-refractivity contribution in [1.29, 1.82) is 0 Å². The fraction of sp³-hybridized carbons (Fsp3) is 0.280. The van der Waals surface area contributed by atoms with Gasteiger partial charge in [-0.05, 0) is 63.1 Å². The Kier molecular flexibility index (Phi) is 7.07. The summed E-state index contributed by atoms with van der Waals surface area (Å²) < 4.78 is 12.7. The lowest BCUT2D eigenvalue weighted by Crippen LogP contribution is -2.15. The van der Waals surface area contributed by atoms with E-state index in [0.29, 0.717) is 18.6 Å². The lowest BCUT2D eigenvalue weighted by Gasteiger charge is -2.11. The van der Waals surface area contributed by atoms with Gasteiger partial charge in [0.1, 0.15) is 5.75 Å². The van der Waals surface area contributed by atoms with E-state index in [-0.39, 0.29) is 24.8 Å². The Hall–Kier alpha value is -3.34. The van der Waals surface area contributed by atoms with Crippen LogP contribution in [0.2, 0.25) is 0 Å². The van der Waals surface area contributed by atoms with Crippen LogP contribution in [0.15, 0.2) is 60.7 Å². The summed E-state index contributed by atoms with van der Waals surface area (Å²) in [6.45, 7) is 6.16. The molecule has 0 saturated carbocycles. The van der Waals surface area contributed by atoms with Crippen LogP contribution in [0.25, 0.3) is 5.69 Å². The second-order valence-electron chi connectivity index (χ2n) is 7.12. The van der Waals surface area contributed by atoms with E-state index in [1.54, 1.807) is 0 Å². The number of Topliss-reactive ketones (excluding diaryl/α,β-unsaturated/α-hetero) is 1. The van der Waals surface area contributed by atoms with Crippen LogP contribution < -0.4 is 4.74 Å². The van der Waals surface area contributed by atoms with E-state index in [2.05, 4.69) is 0 Å². The van der Waals surface area contributed by atoms with Crippen LogP contribution in [-0.2, 0) is 16.0 Å². The summed E-state index contributed by atoms with van der Waals surface area (Å²) in [4.78, 5) is 24.7. The molecule has 1 aromatic heterocycles. The number of aromatic nitrogens is 1. The minimum Gasteiger partial charge on any atom is -0.494 e. The van der Waals surface area contributed by atoms with E-state index >= 15 is 0 Å². The Balaban J connectivity index is 1.62. The first-order chi connectivity index (χ1) is 14.5. The first-order valence-electron chi connectivity index (χ1n) is 10.1. The largest absolute Gasteiger partial charge is 0.494 e. The Morgan fingerprint density at radius 1 is 0.967 bits per heavy atom. The molecule has 0 fully saturated rings. The molecule has 156 valence electrons. The molecule has 3 aromatic rings. The summed E-state index contributed by atoms with van der Waals surface area (Å²) in [6, 6.07) is 19.3. The molecule has 2 aromatic carbocycles. The van der Waals surface area contributed by atoms with Crippen molar-refractivity contribution in [1.82, 2.24) is 4.57 Å². The Bertz CT molecular complexity index is 1000. The van der Waals surface area contributed by atoms with E-state index in [1.165, 1.54) is 0 Å². The van der Waals surface area contributed by atoms with E-state index in [0.717, 1.165) is 28.4 Å². The van der Waals surface area contributed by atoms with E-state index < -0.39 is 0 Å². The predicted octanol–water partition coefficient (Wildman–Crippen LogP) is 4.85. The minimum absolute atomic E-state index is 0.201. The maximum atomic E-state index is 12.7. The van der Waals surface area contributed by atoms with Crippen molar-refractivity contribution in [3.63, 3.8) is 0 Å². The predicted molar refractivity (Wildman–Crippen MR) is 116 cm³/mol. The number of hydrogen-bond acceptors (Lipinski definition) is 4. The third-order valence-electron chi connectivity index (χ3n) is 4.96. The quantitative estimate of drug-likeness (QED) is 0.377. The fourth-order valence-electron chi connectivity index (χ4n) is 3.49. The third-order valence-corrected chi connectivity index (χ3v) is 4.96.